The minimum atomic E-state index is -4.66. The number of aromatic nitrogens is 4. The van der Waals surface area contributed by atoms with Gasteiger partial charge in [-0.3, -0.25) is 0 Å². The summed E-state index contributed by atoms with van der Waals surface area (Å²) >= 11 is 2.65. The van der Waals surface area contributed by atoms with Crippen molar-refractivity contribution in [1.29, 1.82) is 0 Å². The Labute approximate surface area is 124 Å². The van der Waals surface area contributed by atoms with Crippen molar-refractivity contribution in [3.05, 3.63) is 35.7 Å². The molecule has 0 amide bonds. The number of rotatable bonds is 3. The van der Waals surface area contributed by atoms with Crippen LogP contribution in [0.3, 0.4) is 0 Å². The van der Waals surface area contributed by atoms with Crippen LogP contribution in [0.15, 0.2) is 37.5 Å². The third-order valence-electron chi connectivity index (χ3n) is 2.24. The van der Waals surface area contributed by atoms with Crippen molar-refractivity contribution in [2.75, 3.05) is 0 Å². The average Bonchev–Trinajstić information content (AvgIpc) is 3.09. The molecule has 0 saturated carbocycles. The summed E-state index contributed by atoms with van der Waals surface area (Å²) in [6, 6.07) is 7.68. The Balaban J connectivity index is 1.87. The number of halogens is 3. The van der Waals surface area contributed by atoms with Gasteiger partial charge in [0.2, 0.25) is 5.82 Å². The number of hydrogen-bond acceptors (Lipinski definition) is 7. The molecule has 3 aromatic rings. The smallest absolute Gasteiger partial charge is 0.329 e. The fraction of sp³-hybridized carbons (Fsp3) is 0.0909. The average molecular weight is 329 g/mol. The monoisotopic (exact) mass is 329 g/mol. The minimum absolute atomic E-state index is 0.129. The van der Waals surface area contributed by atoms with Gasteiger partial charge in [0.05, 0.1) is 0 Å². The lowest BCUT2D eigenvalue weighted by atomic mass is 10.2. The van der Waals surface area contributed by atoms with Gasteiger partial charge in [0.15, 0.2) is 4.34 Å². The summed E-state index contributed by atoms with van der Waals surface area (Å²) in [5.41, 5.74) is 1.99. The van der Waals surface area contributed by atoms with Crippen LogP contribution >= 0.6 is 23.1 Å². The van der Waals surface area contributed by atoms with Gasteiger partial charge in [-0.1, -0.05) is 40.4 Å². The Hall–Kier alpha value is -1.94. The molecule has 5 nitrogen and oxygen atoms in total. The fourth-order valence-corrected chi connectivity index (χ4v) is 2.86. The molecule has 0 aliphatic heterocycles. The molecule has 2 heterocycles. The highest BCUT2D eigenvalue weighted by Gasteiger charge is 2.38. The molecule has 3 rings (SSSR count). The molecule has 1 aromatic carbocycles. The van der Waals surface area contributed by atoms with Gasteiger partial charge in [-0.15, -0.1) is 10.2 Å². The molecule has 0 unspecified atom stereocenters. The van der Waals surface area contributed by atoms with Gasteiger partial charge in [0.25, 0.3) is 0 Å². The van der Waals surface area contributed by atoms with E-state index >= 15 is 0 Å². The van der Waals surface area contributed by atoms with E-state index in [2.05, 4.69) is 30.9 Å². The Kier molecular flexibility index (Phi) is 3.64. The van der Waals surface area contributed by atoms with E-state index in [4.69, 9.17) is 0 Å². The predicted octanol–water partition coefficient (Wildman–Crippen LogP) is 3.56. The Bertz CT molecular complexity index is 742. The molecule has 0 spiro atoms. The summed E-state index contributed by atoms with van der Waals surface area (Å²) < 4.78 is 42.2. The first kappa shape index (κ1) is 14.0. The lowest BCUT2D eigenvalue weighted by Gasteiger charge is -1.99. The lowest BCUT2D eigenvalue weighted by Crippen LogP contribution is -2.04. The quantitative estimate of drug-likeness (QED) is 0.732. The SMILES string of the molecule is FC(F)(F)c1nc(-c2cc[c]c(Sc3nncs3)c2)no1. The predicted molar refractivity (Wildman–Crippen MR) is 67.6 cm³/mol. The van der Waals surface area contributed by atoms with E-state index in [-0.39, 0.29) is 5.82 Å². The summed E-state index contributed by atoms with van der Waals surface area (Å²) in [5.74, 6) is -1.50. The molecule has 107 valence electrons. The van der Waals surface area contributed by atoms with Crippen molar-refractivity contribution >= 4 is 23.1 Å². The zero-order valence-corrected chi connectivity index (χ0v) is 11.6. The van der Waals surface area contributed by atoms with E-state index in [1.807, 2.05) is 0 Å². The molecule has 0 fully saturated rings. The van der Waals surface area contributed by atoms with Gasteiger partial charge in [-0.25, -0.2) is 0 Å². The zero-order chi connectivity index (χ0) is 14.9. The maximum Gasteiger partial charge on any atom is 0.471 e. The number of nitrogens with zero attached hydrogens (tertiary/aromatic N) is 4. The zero-order valence-electron chi connectivity index (χ0n) is 9.96. The maximum absolute atomic E-state index is 12.4. The topological polar surface area (TPSA) is 64.7 Å². The van der Waals surface area contributed by atoms with E-state index in [1.165, 1.54) is 23.1 Å². The van der Waals surface area contributed by atoms with Crippen LogP contribution in [0.2, 0.25) is 0 Å². The second-order valence-electron chi connectivity index (χ2n) is 3.67. The summed E-state index contributed by atoms with van der Waals surface area (Å²) in [6.45, 7) is 0. The highest BCUT2D eigenvalue weighted by atomic mass is 32.2. The molecule has 0 aliphatic rings. The van der Waals surface area contributed by atoms with Gasteiger partial charge < -0.3 is 4.52 Å². The number of alkyl halides is 3. The minimum Gasteiger partial charge on any atom is -0.329 e. The van der Waals surface area contributed by atoms with E-state index < -0.39 is 12.1 Å². The van der Waals surface area contributed by atoms with E-state index in [0.717, 1.165) is 0 Å². The first-order valence-corrected chi connectivity index (χ1v) is 7.09. The third kappa shape index (κ3) is 3.22. The first-order valence-electron chi connectivity index (χ1n) is 5.39. The molecule has 0 atom stereocenters. The standard InChI is InChI=1S/C11H4F3N4OS2/c12-11(13,14)9-16-8(18-19-9)6-2-1-3-7(4-6)21-10-17-15-5-20-10/h1-2,4-5H. The molecule has 0 N–H and O–H groups in total. The van der Waals surface area contributed by atoms with Crippen molar-refractivity contribution < 1.29 is 17.7 Å². The van der Waals surface area contributed by atoms with Crippen molar-refractivity contribution in [2.24, 2.45) is 0 Å². The molecular formula is C11H4F3N4OS2. The Morgan fingerprint density at radius 2 is 2.19 bits per heavy atom. The Morgan fingerprint density at radius 3 is 2.86 bits per heavy atom. The van der Waals surface area contributed by atoms with Crippen molar-refractivity contribution in [2.45, 2.75) is 15.4 Å². The van der Waals surface area contributed by atoms with Crippen molar-refractivity contribution in [1.82, 2.24) is 20.3 Å². The maximum atomic E-state index is 12.4. The normalized spacial score (nSPS) is 11.8. The van der Waals surface area contributed by atoms with E-state index in [9.17, 15) is 13.2 Å². The van der Waals surface area contributed by atoms with E-state index in [1.54, 1.807) is 23.7 Å². The van der Waals surface area contributed by atoms with Gasteiger partial charge in [-0.05, 0) is 12.1 Å². The molecule has 1 radical (unpaired) electrons. The molecule has 0 saturated heterocycles. The lowest BCUT2D eigenvalue weighted by molar-refractivity contribution is -0.159. The van der Waals surface area contributed by atoms with Crippen LogP contribution in [-0.2, 0) is 6.18 Å². The second-order valence-corrected chi connectivity index (χ2v) is 5.79. The van der Waals surface area contributed by atoms with Gasteiger partial charge in [-0.2, -0.15) is 18.2 Å². The number of hydrogen-bond donors (Lipinski definition) is 0. The van der Waals surface area contributed by atoms with Crippen LogP contribution in [0, 0.1) is 6.07 Å². The highest BCUT2D eigenvalue weighted by Crippen LogP contribution is 2.32. The van der Waals surface area contributed by atoms with Gasteiger partial charge in [0, 0.05) is 10.5 Å². The van der Waals surface area contributed by atoms with Crippen LogP contribution < -0.4 is 0 Å². The van der Waals surface area contributed by atoms with Crippen LogP contribution in [0.4, 0.5) is 13.2 Å². The van der Waals surface area contributed by atoms with Gasteiger partial charge in [0.1, 0.15) is 5.51 Å². The van der Waals surface area contributed by atoms with Crippen LogP contribution in [0.1, 0.15) is 5.89 Å². The van der Waals surface area contributed by atoms with Crippen LogP contribution in [0.25, 0.3) is 11.4 Å². The van der Waals surface area contributed by atoms with E-state index in [0.29, 0.717) is 14.8 Å². The van der Waals surface area contributed by atoms with Crippen molar-refractivity contribution in [3.8, 4) is 11.4 Å². The molecule has 2 aromatic heterocycles. The van der Waals surface area contributed by atoms with Gasteiger partial charge >= 0.3 is 12.1 Å². The van der Waals surface area contributed by atoms with Crippen LogP contribution in [0.5, 0.6) is 0 Å². The summed E-state index contributed by atoms with van der Waals surface area (Å²) in [4.78, 5) is 4.01. The summed E-state index contributed by atoms with van der Waals surface area (Å²) in [7, 11) is 0. The molecule has 21 heavy (non-hydrogen) atoms. The fourth-order valence-electron chi connectivity index (χ4n) is 1.40. The van der Waals surface area contributed by atoms with Crippen molar-refractivity contribution in [3.63, 3.8) is 0 Å². The second kappa shape index (κ2) is 5.45. The molecule has 0 aliphatic carbocycles. The van der Waals surface area contributed by atoms with Crippen LogP contribution in [-0.4, -0.2) is 20.3 Å². The summed E-state index contributed by atoms with van der Waals surface area (Å²) in [6.07, 6.45) is -4.66. The third-order valence-corrected chi connectivity index (χ3v) is 3.97. The Morgan fingerprint density at radius 1 is 1.33 bits per heavy atom. The molecule has 0 bridgehead atoms. The summed E-state index contributed by atoms with van der Waals surface area (Å²) in [5, 5.41) is 10.9. The number of benzene rings is 1. The highest BCUT2D eigenvalue weighted by molar-refractivity contribution is 8.01. The first-order chi connectivity index (χ1) is 10.0. The molecular weight excluding hydrogens is 325 g/mol. The molecule has 10 heteroatoms. The largest absolute Gasteiger partial charge is 0.471 e.